The Morgan fingerprint density at radius 1 is 1.48 bits per heavy atom. The molecule has 0 spiro atoms. The molecule has 1 aliphatic rings. The largest absolute Gasteiger partial charge is 0.481 e. The summed E-state index contributed by atoms with van der Waals surface area (Å²) in [6.45, 7) is 6.29. The van der Waals surface area contributed by atoms with E-state index in [0.717, 1.165) is 19.4 Å². The first-order valence-corrected chi connectivity index (χ1v) is 7.58. The molecule has 118 valence electrons. The fourth-order valence-corrected chi connectivity index (χ4v) is 2.46. The second kappa shape index (κ2) is 6.56. The molecule has 2 unspecified atom stereocenters. The summed E-state index contributed by atoms with van der Waals surface area (Å²) in [4.78, 5) is 15.8. The fourth-order valence-electron chi connectivity index (χ4n) is 2.46. The zero-order chi connectivity index (χ0) is 15.5. The first-order chi connectivity index (χ1) is 9.91. The van der Waals surface area contributed by atoms with Crippen molar-refractivity contribution in [2.45, 2.75) is 59.0 Å². The van der Waals surface area contributed by atoms with Crippen LogP contribution in [-0.2, 0) is 22.4 Å². The van der Waals surface area contributed by atoms with E-state index in [1.165, 1.54) is 6.42 Å². The van der Waals surface area contributed by atoms with Crippen LogP contribution in [0.5, 0.6) is 0 Å². The van der Waals surface area contributed by atoms with Gasteiger partial charge in [-0.3, -0.25) is 4.79 Å². The highest BCUT2D eigenvalue weighted by atomic mass is 16.5. The fraction of sp³-hybridized carbons (Fsp3) is 0.800. The molecule has 0 amide bonds. The summed E-state index contributed by atoms with van der Waals surface area (Å²) < 4.78 is 10.9. The lowest BCUT2D eigenvalue weighted by Crippen LogP contribution is -2.35. The van der Waals surface area contributed by atoms with Crippen molar-refractivity contribution in [3.8, 4) is 0 Å². The van der Waals surface area contributed by atoms with Gasteiger partial charge in [-0.25, -0.2) is 0 Å². The van der Waals surface area contributed by atoms with Crippen LogP contribution < -0.4 is 0 Å². The minimum absolute atomic E-state index is 0.0213. The highest BCUT2D eigenvalue weighted by Crippen LogP contribution is 2.31. The van der Waals surface area contributed by atoms with E-state index >= 15 is 0 Å². The summed E-state index contributed by atoms with van der Waals surface area (Å²) in [6, 6.07) is 0. The van der Waals surface area contributed by atoms with Crippen molar-refractivity contribution in [3.63, 3.8) is 0 Å². The molecule has 6 heteroatoms. The molecule has 0 bridgehead atoms. The van der Waals surface area contributed by atoms with E-state index in [4.69, 9.17) is 9.26 Å². The predicted molar refractivity (Wildman–Crippen MR) is 75.9 cm³/mol. The van der Waals surface area contributed by atoms with Gasteiger partial charge in [0.2, 0.25) is 5.89 Å². The predicted octanol–water partition coefficient (Wildman–Crippen LogP) is 2.47. The standard InChI is InChI=1S/C15H24N2O4/c1-10(2)15(3,14(18)19)9-13-16-12(17-21-13)8-11-6-4-5-7-20-11/h10-11H,4-9H2,1-3H3,(H,18,19). The van der Waals surface area contributed by atoms with Crippen molar-refractivity contribution in [3.05, 3.63) is 11.7 Å². The summed E-state index contributed by atoms with van der Waals surface area (Å²) in [5.74, 6) is 0.132. The highest BCUT2D eigenvalue weighted by molar-refractivity contribution is 5.74. The van der Waals surface area contributed by atoms with Gasteiger partial charge in [-0.1, -0.05) is 19.0 Å². The van der Waals surface area contributed by atoms with Gasteiger partial charge < -0.3 is 14.4 Å². The number of carboxylic acid groups (broad SMARTS) is 1. The van der Waals surface area contributed by atoms with E-state index in [0.29, 0.717) is 18.1 Å². The number of aliphatic carboxylic acids is 1. The normalized spacial score (nSPS) is 22.2. The smallest absolute Gasteiger partial charge is 0.310 e. The Hall–Kier alpha value is -1.43. The van der Waals surface area contributed by atoms with Crippen LogP contribution in [0.2, 0.25) is 0 Å². The summed E-state index contributed by atoms with van der Waals surface area (Å²) in [5.41, 5.74) is -0.898. The molecular formula is C15H24N2O4. The van der Waals surface area contributed by atoms with Crippen LogP contribution in [0.1, 0.15) is 51.7 Å². The number of hydrogen-bond acceptors (Lipinski definition) is 5. The molecular weight excluding hydrogens is 272 g/mol. The number of carboxylic acids is 1. The molecule has 1 N–H and O–H groups in total. The monoisotopic (exact) mass is 296 g/mol. The quantitative estimate of drug-likeness (QED) is 0.868. The van der Waals surface area contributed by atoms with Gasteiger partial charge in [-0.15, -0.1) is 0 Å². The van der Waals surface area contributed by atoms with Gasteiger partial charge in [0, 0.05) is 19.4 Å². The lowest BCUT2D eigenvalue weighted by molar-refractivity contribution is -0.150. The van der Waals surface area contributed by atoms with Gasteiger partial charge in [0.05, 0.1) is 11.5 Å². The minimum Gasteiger partial charge on any atom is -0.481 e. The third-order valence-electron chi connectivity index (χ3n) is 4.48. The first-order valence-electron chi connectivity index (χ1n) is 7.58. The Morgan fingerprint density at radius 3 is 2.81 bits per heavy atom. The third-order valence-corrected chi connectivity index (χ3v) is 4.48. The minimum atomic E-state index is -0.898. The molecule has 1 fully saturated rings. The van der Waals surface area contributed by atoms with E-state index in [-0.39, 0.29) is 18.4 Å². The van der Waals surface area contributed by atoms with E-state index in [1.807, 2.05) is 13.8 Å². The van der Waals surface area contributed by atoms with Crippen LogP contribution in [0.25, 0.3) is 0 Å². The second-order valence-corrected chi connectivity index (χ2v) is 6.35. The van der Waals surface area contributed by atoms with Crippen LogP contribution in [0, 0.1) is 11.3 Å². The van der Waals surface area contributed by atoms with Crippen LogP contribution in [0.15, 0.2) is 4.52 Å². The molecule has 1 aliphatic heterocycles. The van der Waals surface area contributed by atoms with Gasteiger partial charge in [-0.2, -0.15) is 4.98 Å². The van der Waals surface area contributed by atoms with Crippen LogP contribution >= 0.6 is 0 Å². The molecule has 0 saturated carbocycles. The van der Waals surface area contributed by atoms with Gasteiger partial charge in [0.1, 0.15) is 0 Å². The van der Waals surface area contributed by atoms with Crippen molar-refractivity contribution >= 4 is 5.97 Å². The number of carbonyl (C=O) groups is 1. The molecule has 0 aliphatic carbocycles. The highest BCUT2D eigenvalue weighted by Gasteiger charge is 2.38. The van der Waals surface area contributed by atoms with E-state index < -0.39 is 11.4 Å². The van der Waals surface area contributed by atoms with Crippen molar-refractivity contribution in [1.82, 2.24) is 10.1 Å². The van der Waals surface area contributed by atoms with Crippen LogP contribution in [0.4, 0.5) is 0 Å². The van der Waals surface area contributed by atoms with Gasteiger partial charge in [0.25, 0.3) is 0 Å². The Kier molecular flexibility index (Phi) is 4.98. The average Bonchev–Trinajstić information content (AvgIpc) is 2.86. The first kappa shape index (κ1) is 15.9. The number of hydrogen-bond donors (Lipinski definition) is 1. The topological polar surface area (TPSA) is 85.5 Å². The molecule has 2 heterocycles. The van der Waals surface area contributed by atoms with Crippen molar-refractivity contribution in [2.75, 3.05) is 6.61 Å². The third kappa shape index (κ3) is 3.81. The summed E-state index contributed by atoms with van der Waals surface area (Å²) in [6.07, 6.45) is 4.33. The van der Waals surface area contributed by atoms with Gasteiger partial charge >= 0.3 is 5.97 Å². The zero-order valence-corrected chi connectivity index (χ0v) is 13.0. The summed E-state index contributed by atoms with van der Waals surface area (Å²) >= 11 is 0. The Balaban J connectivity index is 2.00. The molecule has 2 atom stereocenters. The molecule has 1 saturated heterocycles. The SMILES string of the molecule is CC(C)C(C)(Cc1nc(CC2CCCCO2)no1)C(=O)O. The van der Waals surface area contributed by atoms with Gasteiger partial charge in [-0.05, 0) is 32.1 Å². The Bertz CT molecular complexity index is 480. The van der Waals surface area contributed by atoms with Crippen molar-refractivity contribution in [2.24, 2.45) is 11.3 Å². The number of ether oxygens (including phenoxy) is 1. The van der Waals surface area contributed by atoms with Crippen LogP contribution in [-0.4, -0.2) is 33.9 Å². The lowest BCUT2D eigenvalue weighted by Gasteiger charge is -2.27. The maximum absolute atomic E-state index is 11.5. The summed E-state index contributed by atoms with van der Waals surface area (Å²) in [7, 11) is 0. The van der Waals surface area contributed by atoms with E-state index in [1.54, 1.807) is 6.92 Å². The lowest BCUT2D eigenvalue weighted by atomic mass is 9.76. The van der Waals surface area contributed by atoms with E-state index in [2.05, 4.69) is 10.1 Å². The Labute approximate surface area is 124 Å². The van der Waals surface area contributed by atoms with Crippen molar-refractivity contribution in [1.29, 1.82) is 0 Å². The number of rotatable bonds is 6. The number of aromatic nitrogens is 2. The van der Waals surface area contributed by atoms with E-state index in [9.17, 15) is 9.90 Å². The Morgan fingerprint density at radius 2 is 2.24 bits per heavy atom. The molecule has 21 heavy (non-hydrogen) atoms. The van der Waals surface area contributed by atoms with Crippen molar-refractivity contribution < 1.29 is 19.2 Å². The zero-order valence-electron chi connectivity index (χ0n) is 13.0. The maximum Gasteiger partial charge on any atom is 0.310 e. The average molecular weight is 296 g/mol. The molecule has 2 rings (SSSR count). The van der Waals surface area contributed by atoms with Crippen LogP contribution in [0.3, 0.4) is 0 Å². The molecule has 1 aromatic heterocycles. The van der Waals surface area contributed by atoms with Gasteiger partial charge in [0.15, 0.2) is 5.82 Å². The molecule has 0 aromatic carbocycles. The second-order valence-electron chi connectivity index (χ2n) is 6.35. The molecule has 6 nitrogen and oxygen atoms in total. The molecule has 0 radical (unpaired) electrons. The number of nitrogens with zero attached hydrogens (tertiary/aromatic N) is 2. The maximum atomic E-state index is 11.5. The molecule has 1 aromatic rings. The summed E-state index contributed by atoms with van der Waals surface area (Å²) in [5, 5.41) is 13.4.